The minimum Gasteiger partial charge on any atom is -0.462 e. The molecule has 0 fully saturated rings. The number of carbonyl (C=O) groups excluding carboxylic acids is 4. The fourth-order valence-corrected chi connectivity index (χ4v) is 13.9. The fraction of sp³-hybridized carbons (Fsp3) is 0.951. The third-order valence-electron chi connectivity index (χ3n) is 19.5. The molecule has 0 aliphatic heterocycles. The quantitative estimate of drug-likeness (QED) is 0.0222. The molecule has 3 N–H and O–H groups in total. The van der Waals surface area contributed by atoms with Crippen molar-refractivity contribution < 1.29 is 80.2 Å². The van der Waals surface area contributed by atoms with Crippen LogP contribution in [-0.2, 0) is 65.4 Å². The van der Waals surface area contributed by atoms with E-state index in [1.54, 1.807) is 0 Å². The van der Waals surface area contributed by atoms with Gasteiger partial charge in [-0.2, -0.15) is 0 Å². The smallest absolute Gasteiger partial charge is 0.462 e. The maximum atomic E-state index is 13.1. The van der Waals surface area contributed by atoms with Crippen molar-refractivity contribution in [2.75, 3.05) is 39.6 Å². The molecule has 594 valence electrons. The number of phosphoric ester groups is 2. The van der Waals surface area contributed by atoms with Crippen LogP contribution in [0.25, 0.3) is 0 Å². The Morgan fingerprint density at radius 1 is 0.280 bits per heavy atom. The molecule has 17 nitrogen and oxygen atoms in total. The van der Waals surface area contributed by atoms with Gasteiger partial charge in [-0.3, -0.25) is 37.3 Å². The van der Waals surface area contributed by atoms with Crippen LogP contribution in [0.4, 0.5) is 0 Å². The second kappa shape index (κ2) is 70.1. The monoisotopic (exact) mass is 1470 g/mol. The minimum atomic E-state index is -4.96. The standard InChI is InChI=1S/C81H158O17P2/c1-9-73(7)59-51-43-34-28-24-20-15-13-11-12-14-16-22-26-30-37-47-55-63-80(85)97-77(68-92-79(84)62-54-46-40-39-42-50-58-72(5)6)70-96-100(89,90)94-66-75(82)65-93-99(87,88)95-69-76(98-81(86)64-56-48-38-32-31-35-44-52-60-74(8)10-2)67-91-78(83)61-53-45-36-29-25-21-18-17-19-23-27-33-41-49-57-71(3)4/h71-77,82H,9-70H2,1-8H3,(H,87,88)(H,89,90)/t73?,74?,75-,76-,77-/m1/s1. The van der Waals surface area contributed by atoms with Crippen LogP contribution >= 0.6 is 15.6 Å². The van der Waals surface area contributed by atoms with Crippen molar-refractivity contribution >= 4 is 39.5 Å². The van der Waals surface area contributed by atoms with Crippen LogP contribution < -0.4 is 0 Å². The Labute approximate surface area is 613 Å². The van der Waals surface area contributed by atoms with E-state index in [-0.39, 0.29) is 25.7 Å². The van der Waals surface area contributed by atoms with E-state index < -0.39 is 97.5 Å². The third-order valence-corrected chi connectivity index (χ3v) is 21.4. The van der Waals surface area contributed by atoms with E-state index in [1.807, 2.05) is 0 Å². The average molecular weight is 1470 g/mol. The van der Waals surface area contributed by atoms with Crippen LogP contribution in [0.15, 0.2) is 0 Å². The van der Waals surface area contributed by atoms with Crippen molar-refractivity contribution in [3.8, 4) is 0 Å². The van der Waals surface area contributed by atoms with Crippen molar-refractivity contribution in [3.63, 3.8) is 0 Å². The zero-order valence-electron chi connectivity index (χ0n) is 65.8. The lowest BCUT2D eigenvalue weighted by atomic mass is 9.99. The molecule has 0 radical (unpaired) electrons. The molecule has 0 aliphatic rings. The SMILES string of the molecule is CCC(C)CCCCCCCCCCCCCCCCCCCCC(=O)O[C@H](COC(=O)CCCCCCCCC(C)C)COP(=O)(O)OC[C@H](O)COP(=O)(O)OC[C@@H](COC(=O)CCCCCCCCCCCCCCCCC(C)C)OC(=O)CCCCCCCCCCC(C)CC. The Bertz CT molecular complexity index is 1960. The summed E-state index contributed by atoms with van der Waals surface area (Å²) in [7, 11) is -9.92. The Kier molecular flexibility index (Phi) is 68.7. The third kappa shape index (κ3) is 71.7. The molecular formula is C81H158O17P2. The van der Waals surface area contributed by atoms with E-state index in [1.165, 1.54) is 212 Å². The maximum absolute atomic E-state index is 13.1. The van der Waals surface area contributed by atoms with Gasteiger partial charge in [0.1, 0.15) is 19.3 Å². The first-order valence-electron chi connectivity index (χ1n) is 41.8. The van der Waals surface area contributed by atoms with Crippen molar-refractivity contribution in [1.29, 1.82) is 0 Å². The first-order valence-corrected chi connectivity index (χ1v) is 44.8. The number of hydrogen-bond acceptors (Lipinski definition) is 15. The summed E-state index contributed by atoms with van der Waals surface area (Å²) in [6.45, 7) is 14.2. The molecule has 0 heterocycles. The first-order chi connectivity index (χ1) is 48.2. The summed E-state index contributed by atoms with van der Waals surface area (Å²) in [6.07, 6.45) is 57.1. The molecule has 100 heavy (non-hydrogen) atoms. The van der Waals surface area contributed by atoms with Gasteiger partial charge in [-0.05, 0) is 49.4 Å². The van der Waals surface area contributed by atoms with Gasteiger partial charge in [0.15, 0.2) is 12.2 Å². The van der Waals surface area contributed by atoms with Gasteiger partial charge in [-0.1, -0.05) is 364 Å². The van der Waals surface area contributed by atoms with E-state index >= 15 is 0 Å². The Morgan fingerprint density at radius 3 is 0.710 bits per heavy atom. The highest BCUT2D eigenvalue weighted by molar-refractivity contribution is 7.47. The topological polar surface area (TPSA) is 237 Å². The molecule has 0 spiro atoms. The molecule has 0 aliphatic carbocycles. The van der Waals surface area contributed by atoms with E-state index in [9.17, 15) is 43.2 Å². The highest BCUT2D eigenvalue weighted by Crippen LogP contribution is 2.45. The van der Waals surface area contributed by atoms with Crippen LogP contribution in [0.5, 0.6) is 0 Å². The lowest BCUT2D eigenvalue weighted by molar-refractivity contribution is -0.161. The summed E-state index contributed by atoms with van der Waals surface area (Å²) in [5.74, 6) is 1.00. The van der Waals surface area contributed by atoms with Crippen molar-refractivity contribution in [1.82, 2.24) is 0 Å². The second-order valence-electron chi connectivity index (χ2n) is 30.6. The molecule has 0 rings (SSSR count). The highest BCUT2D eigenvalue weighted by Gasteiger charge is 2.30. The predicted molar refractivity (Wildman–Crippen MR) is 409 cm³/mol. The lowest BCUT2D eigenvalue weighted by Gasteiger charge is -2.21. The molecular weight excluding hydrogens is 1310 g/mol. The molecule has 0 aromatic rings. The molecule has 4 unspecified atom stereocenters. The van der Waals surface area contributed by atoms with Gasteiger partial charge in [-0.25, -0.2) is 9.13 Å². The Morgan fingerprint density at radius 2 is 0.480 bits per heavy atom. The summed E-state index contributed by atoms with van der Waals surface area (Å²) >= 11 is 0. The average Bonchev–Trinajstić information content (AvgIpc) is 0.948. The number of carbonyl (C=O) groups is 4. The van der Waals surface area contributed by atoms with Gasteiger partial charge in [0.05, 0.1) is 26.4 Å². The van der Waals surface area contributed by atoms with Gasteiger partial charge in [0.2, 0.25) is 0 Å². The number of ether oxygens (including phenoxy) is 4. The molecule has 0 amide bonds. The number of rotatable bonds is 78. The normalized spacial score (nSPS) is 14.6. The molecule has 0 aromatic carbocycles. The van der Waals surface area contributed by atoms with Gasteiger partial charge < -0.3 is 33.8 Å². The molecule has 0 saturated heterocycles. The summed E-state index contributed by atoms with van der Waals surface area (Å²) in [5, 5.41) is 10.6. The van der Waals surface area contributed by atoms with E-state index in [0.717, 1.165) is 114 Å². The van der Waals surface area contributed by atoms with Crippen molar-refractivity contribution in [2.45, 2.75) is 433 Å². The van der Waals surface area contributed by atoms with Crippen LogP contribution in [0.3, 0.4) is 0 Å². The molecule has 0 saturated carbocycles. The largest absolute Gasteiger partial charge is 0.472 e. The summed E-state index contributed by atoms with van der Waals surface area (Å²) in [5.41, 5.74) is 0. The van der Waals surface area contributed by atoms with Gasteiger partial charge in [0.25, 0.3) is 0 Å². The number of esters is 4. The number of aliphatic hydroxyl groups is 1. The van der Waals surface area contributed by atoms with Gasteiger partial charge in [0, 0.05) is 25.7 Å². The zero-order chi connectivity index (χ0) is 73.8. The lowest BCUT2D eigenvalue weighted by Crippen LogP contribution is -2.30. The molecule has 19 heteroatoms. The predicted octanol–water partition coefficient (Wildman–Crippen LogP) is 24.0. The van der Waals surface area contributed by atoms with Crippen LogP contribution in [-0.4, -0.2) is 96.7 Å². The second-order valence-corrected chi connectivity index (χ2v) is 33.5. The molecule has 7 atom stereocenters. The van der Waals surface area contributed by atoms with E-state index in [2.05, 4.69) is 55.4 Å². The summed E-state index contributed by atoms with van der Waals surface area (Å²) < 4.78 is 68.6. The van der Waals surface area contributed by atoms with Crippen molar-refractivity contribution in [2.24, 2.45) is 23.7 Å². The highest BCUT2D eigenvalue weighted by atomic mass is 31.2. The van der Waals surface area contributed by atoms with E-state index in [0.29, 0.717) is 31.6 Å². The van der Waals surface area contributed by atoms with Gasteiger partial charge >= 0.3 is 39.5 Å². The summed E-state index contributed by atoms with van der Waals surface area (Å²) in [4.78, 5) is 72.9. The zero-order valence-corrected chi connectivity index (χ0v) is 67.6. The van der Waals surface area contributed by atoms with Crippen LogP contribution in [0.2, 0.25) is 0 Å². The van der Waals surface area contributed by atoms with Crippen LogP contribution in [0.1, 0.15) is 415 Å². The number of phosphoric acid groups is 2. The number of aliphatic hydroxyl groups excluding tert-OH is 1. The fourth-order valence-electron chi connectivity index (χ4n) is 12.4. The van der Waals surface area contributed by atoms with Crippen LogP contribution in [0, 0.1) is 23.7 Å². The van der Waals surface area contributed by atoms with Crippen molar-refractivity contribution in [3.05, 3.63) is 0 Å². The van der Waals surface area contributed by atoms with E-state index in [4.69, 9.17) is 37.0 Å². The Hall–Kier alpha value is -1.94. The van der Waals surface area contributed by atoms with Gasteiger partial charge in [-0.15, -0.1) is 0 Å². The summed E-state index contributed by atoms with van der Waals surface area (Å²) in [6, 6.07) is 0. The minimum absolute atomic E-state index is 0.105. The first kappa shape index (κ1) is 98.1. The Balaban J connectivity index is 5.16. The number of unbranched alkanes of at least 4 members (excludes halogenated alkanes) is 42. The molecule has 0 aromatic heterocycles. The maximum Gasteiger partial charge on any atom is 0.472 e. The molecule has 0 bridgehead atoms. The number of hydrogen-bond donors (Lipinski definition) is 3.